The van der Waals surface area contributed by atoms with Crippen molar-refractivity contribution >= 4 is 29.3 Å². The molecule has 51 heavy (non-hydrogen) atoms. The Morgan fingerprint density at radius 1 is 0.980 bits per heavy atom. The molecule has 7 atom stereocenters. The fourth-order valence-electron chi connectivity index (χ4n) is 6.79. The second-order valence-electron chi connectivity index (χ2n) is 12.8. The van der Waals surface area contributed by atoms with Gasteiger partial charge in [-0.25, -0.2) is 4.79 Å². The van der Waals surface area contributed by atoms with Crippen LogP contribution in [-0.2, 0) is 25.4 Å². The van der Waals surface area contributed by atoms with Gasteiger partial charge in [-0.1, -0.05) is 42.5 Å². The minimum atomic E-state index is -5.26. The number of phenolic OH excluding ortho intramolecular Hbond substituents is 2. The number of ether oxygens (including phenoxy) is 3. The summed E-state index contributed by atoms with van der Waals surface area (Å²) >= 11 is 0. The molecule has 2 aliphatic carbocycles. The second kappa shape index (κ2) is 13.3. The van der Waals surface area contributed by atoms with Crippen LogP contribution in [0.4, 0.5) is 23.7 Å². The topological polar surface area (TPSA) is 201 Å². The first-order valence-electron chi connectivity index (χ1n) is 15.9. The van der Waals surface area contributed by atoms with Crippen LogP contribution < -0.4 is 10.6 Å². The molecule has 3 aromatic carbocycles. The molecule has 3 aliphatic rings. The average Bonchev–Trinajstić information content (AvgIpc) is 3.07. The van der Waals surface area contributed by atoms with Crippen molar-refractivity contribution in [1.29, 1.82) is 0 Å². The van der Waals surface area contributed by atoms with Crippen LogP contribution in [0.25, 0.3) is 0 Å². The van der Waals surface area contributed by atoms with E-state index in [1.165, 1.54) is 38.1 Å². The van der Waals surface area contributed by atoms with Gasteiger partial charge in [0, 0.05) is 47.2 Å². The van der Waals surface area contributed by atoms with Crippen LogP contribution >= 0.6 is 0 Å². The molecule has 2 amide bonds. The third-order valence-electron chi connectivity index (χ3n) is 9.46. The van der Waals surface area contributed by atoms with Crippen molar-refractivity contribution < 1.29 is 67.0 Å². The minimum absolute atomic E-state index is 0.0343. The number of rotatable bonds is 6. The van der Waals surface area contributed by atoms with Crippen molar-refractivity contribution in [2.45, 2.75) is 81.6 Å². The van der Waals surface area contributed by atoms with Crippen LogP contribution in [0.5, 0.6) is 11.5 Å². The largest absolute Gasteiger partial charge is 0.507 e. The monoisotopic (exact) mass is 714 g/mol. The Balaban J connectivity index is 1.39. The number of aliphatic hydroxyl groups is 2. The summed E-state index contributed by atoms with van der Waals surface area (Å²) in [5.74, 6) is -5.38. The summed E-state index contributed by atoms with van der Waals surface area (Å²) in [6.07, 6.45) is -14.9. The van der Waals surface area contributed by atoms with E-state index < -0.39 is 114 Å². The number of para-hydroxylation sites is 1. The summed E-state index contributed by atoms with van der Waals surface area (Å²) in [5, 5.41) is 50.1. The van der Waals surface area contributed by atoms with Gasteiger partial charge in [-0.2, -0.15) is 13.2 Å². The van der Waals surface area contributed by atoms with E-state index in [4.69, 9.17) is 14.2 Å². The van der Waals surface area contributed by atoms with Crippen LogP contribution in [-0.4, -0.2) is 86.4 Å². The van der Waals surface area contributed by atoms with E-state index in [0.29, 0.717) is 5.69 Å². The SMILES string of the molecule is CC(OC(=O)Nc1ccccc1)C1(O)Cc2c(O)c3c(c(O)c2[C@@H](O[C@H]2C[C@H](NC(=O)C(F)(F)F)[C@@H](O)[C@@H](C)O2)C1)C(=O)c1ccccc1C3=O. The first kappa shape index (κ1) is 35.8. The molecule has 13 nitrogen and oxygen atoms in total. The molecule has 0 aromatic heterocycles. The van der Waals surface area contributed by atoms with Crippen molar-refractivity contribution in [3.8, 4) is 11.5 Å². The molecule has 0 radical (unpaired) electrons. The summed E-state index contributed by atoms with van der Waals surface area (Å²) in [6, 6.07) is 12.5. The van der Waals surface area contributed by atoms with Gasteiger partial charge in [0.15, 0.2) is 17.9 Å². The van der Waals surface area contributed by atoms with Crippen molar-refractivity contribution in [2.24, 2.45) is 0 Å². The fraction of sp³-hybridized carbons (Fsp3) is 0.371. The van der Waals surface area contributed by atoms with E-state index in [1.807, 2.05) is 0 Å². The molecule has 16 heteroatoms. The number of anilines is 1. The molecule has 1 fully saturated rings. The summed E-state index contributed by atoms with van der Waals surface area (Å²) in [4.78, 5) is 51.9. The number of halogens is 3. The number of carbonyl (C=O) groups is 4. The number of phenols is 2. The normalized spacial score (nSPS) is 26.3. The maximum atomic E-state index is 13.7. The lowest BCUT2D eigenvalue weighted by Gasteiger charge is -2.44. The first-order chi connectivity index (χ1) is 24.0. The highest BCUT2D eigenvalue weighted by atomic mass is 19.4. The predicted molar refractivity (Wildman–Crippen MR) is 169 cm³/mol. The molecular weight excluding hydrogens is 681 g/mol. The molecule has 1 heterocycles. The molecule has 6 N–H and O–H groups in total. The number of alkyl halides is 3. The Hall–Kier alpha value is -5.03. The van der Waals surface area contributed by atoms with Crippen molar-refractivity contribution in [3.05, 3.63) is 88.0 Å². The van der Waals surface area contributed by atoms with Crippen molar-refractivity contribution in [2.75, 3.05) is 5.32 Å². The third-order valence-corrected chi connectivity index (χ3v) is 9.46. The van der Waals surface area contributed by atoms with Gasteiger partial charge in [0.2, 0.25) is 0 Å². The lowest BCUT2D eigenvalue weighted by atomic mass is 9.71. The smallest absolute Gasteiger partial charge is 0.471 e. The van der Waals surface area contributed by atoms with E-state index in [9.17, 15) is 52.8 Å². The van der Waals surface area contributed by atoms with E-state index in [0.717, 1.165) is 0 Å². The van der Waals surface area contributed by atoms with Crippen LogP contribution in [0.2, 0.25) is 0 Å². The number of hydrogen-bond donors (Lipinski definition) is 6. The number of amides is 2. The van der Waals surface area contributed by atoms with Gasteiger partial charge >= 0.3 is 18.2 Å². The zero-order valence-electron chi connectivity index (χ0n) is 27.1. The standard InChI is InChI=1S/C35H33F3N2O11/c1-15-27(41)21(40-32(46)35(36,37)38)12-23(49-15)51-22-14-34(48,16(2)50-33(47)39-17-8-4-3-5-9-17)13-20-24(22)31(45)26-25(30(20)44)28(42)18-10-6-7-11-19(18)29(26)43/h3-11,15-16,21-23,27,41,44-45,48H,12-14H2,1-2H3,(H,39,47)(H,40,46)/t15-,16?,21+,22+,23+,27+,34?/m1/s1. The average molecular weight is 715 g/mol. The number of carbonyl (C=O) groups excluding carboxylic acids is 4. The van der Waals surface area contributed by atoms with Crippen LogP contribution in [0.1, 0.15) is 75.8 Å². The van der Waals surface area contributed by atoms with Gasteiger partial charge < -0.3 is 40.0 Å². The van der Waals surface area contributed by atoms with E-state index in [-0.39, 0.29) is 22.3 Å². The lowest BCUT2D eigenvalue weighted by Crippen LogP contribution is -2.57. The molecule has 3 aromatic rings. The Bertz CT molecular complexity index is 1900. The quantitative estimate of drug-likeness (QED) is 0.159. The predicted octanol–water partition coefficient (Wildman–Crippen LogP) is 3.79. The Morgan fingerprint density at radius 3 is 2.18 bits per heavy atom. The number of aromatic hydroxyl groups is 2. The minimum Gasteiger partial charge on any atom is -0.507 e. The maximum absolute atomic E-state index is 13.7. The van der Waals surface area contributed by atoms with Gasteiger partial charge in [0.05, 0.1) is 29.4 Å². The van der Waals surface area contributed by atoms with Crippen LogP contribution in [0.15, 0.2) is 54.6 Å². The molecule has 6 rings (SSSR count). The highest BCUT2D eigenvalue weighted by molar-refractivity contribution is 6.30. The zero-order chi connectivity index (χ0) is 37.0. The van der Waals surface area contributed by atoms with Crippen LogP contribution in [0, 0.1) is 0 Å². The Kier molecular flexibility index (Phi) is 9.30. The lowest BCUT2D eigenvalue weighted by molar-refractivity contribution is -0.253. The molecule has 0 bridgehead atoms. The van der Waals surface area contributed by atoms with Crippen LogP contribution in [0.3, 0.4) is 0 Å². The van der Waals surface area contributed by atoms with Gasteiger partial charge in [0.1, 0.15) is 29.3 Å². The summed E-state index contributed by atoms with van der Waals surface area (Å²) in [6.45, 7) is 2.67. The van der Waals surface area contributed by atoms with Crippen molar-refractivity contribution in [1.82, 2.24) is 5.32 Å². The zero-order valence-corrected chi connectivity index (χ0v) is 27.1. The van der Waals surface area contributed by atoms with Gasteiger partial charge in [-0.3, -0.25) is 19.7 Å². The fourth-order valence-corrected chi connectivity index (χ4v) is 6.79. The first-order valence-corrected chi connectivity index (χ1v) is 15.9. The molecule has 270 valence electrons. The maximum Gasteiger partial charge on any atom is 0.471 e. The number of benzene rings is 3. The highest BCUT2D eigenvalue weighted by Gasteiger charge is 2.51. The number of ketones is 2. The van der Waals surface area contributed by atoms with Gasteiger partial charge in [-0.15, -0.1) is 0 Å². The second-order valence-corrected chi connectivity index (χ2v) is 12.8. The molecule has 0 spiro atoms. The highest BCUT2D eigenvalue weighted by Crippen LogP contribution is 2.52. The summed E-state index contributed by atoms with van der Waals surface area (Å²) in [5.41, 5.74) is -3.28. The Morgan fingerprint density at radius 2 is 1.57 bits per heavy atom. The third kappa shape index (κ3) is 6.62. The Labute approximate surface area is 287 Å². The molecule has 0 saturated carbocycles. The van der Waals surface area contributed by atoms with Gasteiger partial charge in [-0.05, 0) is 26.0 Å². The van der Waals surface area contributed by atoms with Crippen molar-refractivity contribution in [3.63, 3.8) is 0 Å². The summed E-state index contributed by atoms with van der Waals surface area (Å²) < 4.78 is 56.6. The number of hydrogen-bond acceptors (Lipinski definition) is 11. The van der Waals surface area contributed by atoms with E-state index in [2.05, 4.69) is 5.32 Å². The van der Waals surface area contributed by atoms with E-state index >= 15 is 0 Å². The molecule has 1 saturated heterocycles. The summed E-state index contributed by atoms with van der Waals surface area (Å²) in [7, 11) is 0. The number of nitrogens with one attached hydrogen (secondary N) is 2. The number of aliphatic hydroxyl groups excluding tert-OH is 1. The molecule has 2 unspecified atom stereocenters. The molecular formula is C35H33F3N2O11. The van der Waals surface area contributed by atoms with Gasteiger partial charge in [0.25, 0.3) is 0 Å². The molecule has 1 aliphatic heterocycles. The van der Waals surface area contributed by atoms with E-state index in [1.54, 1.807) is 35.6 Å². The number of fused-ring (bicyclic) bond motifs is 3.